The van der Waals surface area contributed by atoms with Crippen LogP contribution in [0.2, 0.25) is 0 Å². The molecule has 1 aliphatic carbocycles. The van der Waals surface area contributed by atoms with Crippen molar-refractivity contribution in [1.29, 1.82) is 0 Å². The van der Waals surface area contributed by atoms with E-state index in [1.54, 1.807) is 30.5 Å². The van der Waals surface area contributed by atoms with Crippen molar-refractivity contribution in [1.82, 2.24) is 10.3 Å². The highest BCUT2D eigenvalue weighted by atomic mass is 32.2. The number of amides is 1. The van der Waals surface area contributed by atoms with Gasteiger partial charge in [-0.15, -0.1) is 0 Å². The molecule has 0 radical (unpaired) electrons. The van der Waals surface area contributed by atoms with Gasteiger partial charge < -0.3 is 32.6 Å². The zero-order chi connectivity index (χ0) is 29.0. The predicted octanol–water partition coefficient (Wildman–Crippen LogP) is 1.04. The highest BCUT2D eigenvalue weighted by molar-refractivity contribution is 7.98. The molecule has 0 bridgehead atoms. The first-order valence-corrected chi connectivity index (χ1v) is 14.5. The molecule has 0 fully saturated rings. The molecule has 2 aromatic carbocycles. The molecule has 10 nitrogen and oxygen atoms in total. The Morgan fingerprint density at radius 3 is 2.42 bits per heavy atom. The number of hydrogen-bond acceptors (Lipinski definition) is 8. The van der Waals surface area contributed by atoms with Gasteiger partial charge in [-0.1, -0.05) is 42.5 Å². The quantitative estimate of drug-likeness (QED) is 0.164. The Morgan fingerprint density at radius 2 is 1.70 bits per heavy atom. The monoisotopic (exact) mass is 565 g/mol. The van der Waals surface area contributed by atoms with Crippen LogP contribution in [0, 0.1) is 0 Å². The molecule has 2 unspecified atom stereocenters. The number of aromatic amines is 1. The molecule has 1 aliphatic rings. The molecule has 5 atom stereocenters. The summed E-state index contributed by atoms with van der Waals surface area (Å²) < 4.78 is 0. The van der Waals surface area contributed by atoms with Crippen LogP contribution in [0.15, 0.2) is 54.7 Å². The second-order valence-electron chi connectivity index (χ2n) is 10.2. The third kappa shape index (κ3) is 5.55. The minimum Gasteiger partial charge on any atom is -0.481 e. The van der Waals surface area contributed by atoms with Crippen LogP contribution in [0.4, 0.5) is 0 Å². The van der Waals surface area contributed by atoms with Gasteiger partial charge in [-0.2, -0.15) is 11.8 Å². The Bertz CT molecular complexity index is 1420. The summed E-state index contributed by atoms with van der Waals surface area (Å²) in [5, 5.41) is 13.2. The number of H-pyrrole nitrogens is 1. The van der Waals surface area contributed by atoms with Crippen LogP contribution in [0.25, 0.3) is 10.9 Å². The van der Waals surface area contributed by atoms with Crippen LogP contribution in [-0.2, 0) is 37.4 Å². The van der Waals surface area contributed by atoms with Gasteiger partial charge in [0.25, 0.3) is 0 Å². The van der Waals surface area contributed by atoms with Gasteiger partial charge in [-0.3, -0.25) is 19.2 Å². The summed E-state index contributed by atoms with van der Waals surface area (Å²) in [6.07, 6.45) is 3.69. The van der Waals surface area contributed by atoms with Crippen LogP contribution < -0.4 is 22.5 Å². The van der Waals surface area contributed by atoms with Gasteiger partial charge in [0.15, 0.2) is 11.6 Å². The molecule has 1 heterocycles. The number of para-hydroxylation sites is 1. The molecule has 1 amide bonds. The number of thioether (sulfide) groups is 1. The summed E-state index contributed by atoms with van der Waals surface area (Å²) in [4.78, 5) is 56.4. The fourth-order valence-electron chi connectivity index (χ4n) is 5.68. The normalized spacial score (nSPS) is 20.4. The highest BCUT2D eigenvalue weighted by Gasteiger charge is 2.60. The molecule has 4 rings (SSSR count). The van der Waals surface area contributed by atoms with E-state index < -0.39 is 59.4 Å². The molecule has 0 saturated heterocycles. The number of carboxylic acids is 1. The number of ketones is 2. The van der Waals surface area contributed by atoms with Crippen molar-refractivity contribution in [2.24, 2.45) is 17.2 Å². The van der Waals surface area contributed by atoms with Crippen LogP contribution in [0.3, 0.4) is 0 Å². The smallest absolute Gasteiger partial charge is 0.305 e. The highest BCUT2D eigenvalue weighted by Crippen LogP contribution is 2.43. The van der Waals surface area contributed by atoms with Gasteiger partial charge in [0.2, 0.25) is 5.91 Å². The third-order valence-corrected chi connectivity index (χ3v) is 8.28. The summed E-state index contributed by atoms with van der Waals surface area (Å²) in [5.74, 6) is -2.61. The van der Waals surface area contributed by atoms with Gasteiger partial charge in [0.05, 0.1) is 30.6 Å². The number of carbonyl (C=O) groups is 4. The van der Waals surface area contributed by atoms with Crippen LogP contribution in [0.1, 0.15) is 29.5 Å². The lowest BCUT2D eigenvalue weighted by Gasteiger charge is -2.38. The van der Waals surface area contributed by atoms with E-state index in [1.165, 1.54) is 11.8 Å². The van der Waals surface area contributed by atoms with Crippen LogP contribution in [-0.4, -0.2) is 69.7 Å². The molecule has 3 aromatic rings. The zero-order valence-electron chi connectivity index (χ0n) is 22.3. The predicted molar refractivity (Wildman–Crippen MR) is 155 cm³/mol. The van der Waals surface area contributed by atoms with E-state index in [-0.39, 0.29) is 12.8 Å². The van der Waals surface area contributed by atoms with E-state index in [1.807, 2.05) is 30.5 Å². The lowest BCUT2D eigenvalue weighted by atomic mass is 9.67. The fraction of sp³-hybridized carbons (Fsp3) is 0.379. The minimum absolute atomic E-state index is 0.161. The molecule has 212 valence electrons. The lowest BCUT2D eigenvalue weighted by Crippen LogP contribution is -2.65. The Labute approximate surface area is 236 Å². The van der Waals surface area contributed by atoms with Crippen molar-refractivity contribution >= 4 is 46.1 Å². The van der Waals surface area contributed by atoms with Gasteiger partial charge in [-0.25, -0.2) is 0 Å². The van der Waals surface area contributed by atoms with Gasteiger partial charge in [0.1, 0.15) is 5.41 Å². The number of nitrogens with two attached hydrogens (primary N) is 3. The number of nitrogens with one attached hydrogen (secondary N) is 2. The van der Waals surface area contributed by atoms with E-state index in [0.29, 0.717) is 23.3 Å². The second-order valence-corrected chi connectivity index (χ2v) is 11.2. The molecule has 0 aliphatic heterocycles. The summed E-state index contributed by atoms with van der Waals surface area (Å²) >= 11 is 1.51. The number of rotatable bonds is 13. The number of carboxylic acid groups (broad SMARTS) is 1. The van der Waals surface area contributed by atoms with Crippen molar-refractivity contribution < 1.29 is 24.3 Å². The number of aromatic nitrogens is 1. The molecule has 1 aromatic heterocycles. The topological polar surface area (TPSA) is 194 Å². The number of Topliss-reactive ketones (excluding diaryl/α,β-unsaturated/α-hetero) is 2. The number of aliphatic carboxylic acids is 1. The van der Waals surface area contributed by atoms with Crippen LogP contribution >= 0.6 is 11.8 Å². The first kappa shape index (κ1) is 29.5. The molecule has 0 saturated carbocycles. The Hall–Kier alpha value is -3.51. The Morgan fingerprint density at radius 1 is 1.02 bits per heavy atom. The summed E-state index contributed by atoms with van der Waals surface area (Å²) in [5.41, 5.74) is 19.7. The third-order valence-electron chi connectivity index (χ3n) is 7.64. The maximum Gasteiger partial charge on any atom is 0.305 e. The SMILES string of the molecule is CSCC[C@H](N)C(=O)C1(C(=O)[C@@H](N)CC(=O)O)c2ccccc2CC1NC(=O)[C@@H](N)Cc1c[nH]c2ccccc12. The summed E-state index contributed by atoms with van der Waals surface area (Å²) in [7, 11) is 0. The van der Waals surface area contributed by atoms with Crippen molar-refractivity contribution in [3.8, 4) is 0 Å². The zero-order valence-corrected chi connectivity index (χ0v) is 23.1. The lowest BCUT2D eigenvalue weighted by molar-refractivity contribution is -0.143. The van der Waals surface area contributed by atoms with Crippen molar-refractivity contribution in [3.05, 3.63) is 71.4 Å². The van der Waals surface area contributed by atoms with Gasteiger partial charge in [-0.05, 0) is 54.0 Å². The van der Waals surface area contributed by atoms with E-state index >= 15 is 0 Å². The largest absolute Gasteiger partial charge is 0.481 e. The molecule has 40 heavy (non-hydrogen) atoms. The van der Waals surface area contributed by atoms with E-state index in [0.717, 1.165) is 16.5 Å². The van der Waals surface area contributed by atoms with Crippen molar-refractivity contribution in [2.75, 3.05) is 12.0 Å². The van der Waals surface area contributed by atoms with E-state index in [4.69, 9.17) is 17.2 Å². The van der Waals surface area contributed by atoms with Gasteiger partial charge >= 0.3 is 5.97 Å². The number of fused-ring (bicyclic) bond motifs is 2. The first-order valence-electron chi connectivity index (χ1n) is 13.1. The van der Waals surface area contributed by atoms with Crippen molar-refractivity contribution in [3.63, 3.8) is 0 Å². The number of hydrogen-bond donors (Lipinski definition) is 6. The van der Waals surface area contributed by atoms with Crippen LogP contribution in [0.5, 0.6) is 0 Å². The molecule has 0 spiro atoms. The summed E-state index contributed by atoms with van der Waals surface area (Å²) in [6, 6.07) is 10.0. The Kier molecular flexibility index (Phi) is 9.09. The fourth-order valence-corrected chi connectivity index (χ4v) is 6.17. The average molecular weight is 566 g/mol. The number of benzene rings is 2. The number of carbonyl (C=O) groups excluding carboxylic acids is 3. The molecule has 11 heteroatoms. The first-order chi connectivity index (χ1) is 19.1. The van der Waals surface area contributed by atoms with E-state index in [2.05, 4.69) is 10.3 Å². The average Bonchev–Trinajstić information content (AvgIpc) is 3.49. The van der Waals surface area contributed by atoms with Gasteiger partial charge in [0, 0.05) is 17.1 Å². The molecular weight excluding hydrogens is 530 g/mol. The minimum atomic E-state index is -1.94. The maximum atomic E-state index is 14.2. The van der Waals surface area contributed by atoms with Crippen molar-refractivity contribution in [2.45, 2.75) is 55.3 Å². The standard InChI is InChI=1S/C29H35N5O5S/c1-40-11-10-20(30)26(37)29(27(38)21(31)14-25(35)36)19-8-4-2-6-16(19)13-24(29)34-28(39)22(32)12-17-15-33-23-9-5-3-7-18(17)23/h2-9,15,20-22,24,33H,10-14,30-32H2,1H3,(H,34,39)(H,35,36)/t20-,21-,22-,24?,29?/m0/s1. The Balaban J connectivity index is 1.71. The van der Waals surface area contributed by atoms with E-state index in [9.17, 15) is 24.3 Å². The maximum absolute atomic E-state index is 14.2. The molecular formula is C29H35N5O5S. The molecule has 9 N–H and O–H groups in total. The summed E-state index contributed by atoms with van der Waals surface area (Å²) in [6.45, 7) is 0. The second kappa shape index (κ2) is 12.3.